The highest BCUT2D eigenvalue weighted by atomic mass is 79.9. The van der Waals surface area contributed by atoms with Gasteiger partial charge >= 0.3 is 0 Å². The number of halogens is 1. The smallest absolute Gasteiger partial charge is 0.291 e. The van der Waals surface area contributed by atoms with Gasteiger partial charge in [-0.2, -0.15) is 0 Å². The van der Waals surface area contributed by atoms with Gasteiger partial charge in [0.2, 0.25) is 0 Å². The molecule has 0 aliphatic rings. The van der Waals surface area contributed by atoms with Crippen molar-refractivity contribution in [1.29, 1.82) is 0 Å². The number of carbonyl (C=O) groups is 1. The average Bonchev–Trinajstić information content (AvgIpc) is 3.01. The van der Waals surface area contributed by atoms with E-state index in [9.17, 15) is 9.59 Å². The Labute approximate surface area is 140 Å². The predicted molar refractivity (Wildman–Crippen MR) is 90.6 cm³/mol. The van der Waals surface area contributed by atoms with Crippen molar-refractivity contribution in [3.8, 4) is 0 Å². The number of nitrogens with zero attached hydrogens (tertiary/aromatic N) is 1. The van der Waals surface area contributed by atoms with E-state index in [1.54, 1.807) is 42.6 Å². The molecular weight excluding hydrogens is 360 g/mol. The molecule has 6 heteroatoms. The van der Waals surface area contributed by atoms with Crippen molar-refractivity contribution in [2.45, 2.75) is 6.54 Å². The van der Waals surface area contributed by atoms with Crippen LogP contribution in [0.1, 0.15) is 16.3 Å². The van der Waals surface area contributed by atoms with Gasteiger partial charge in [0.05, 0.1) is 6.54 Å². The first-order chi connectivity index (χ1) is 11.1. The quantitative estimate of drug-likeness (QED) is 0.761. The third kappa shape index (κ3) is 3.78. The summed E-state index contributed by atoms with van der Waals surface area (Å²) in [6, 6.07) is 15.5. The lowest BCUT2D eigenvalue weighted by atomic mass is 10.3. The van der Waals surface area contributed by atoms with E-state index in [0.717, 1.165) is 4.47 Å². The third-order valence-electron chi connectivity index (χ3n) is 3.21. The standard InChI is InChI=1S/C17H13BrN2O3/c18-12-4-6-13(7-5-12)19-17(22)15-9-8-14(23-15)11-20-10-2-1-3-16(20)21/h1-10H,11H2,(H,19,22). The molecule has 0 aliphatic heterocycles. The summed E-state index contributed by atoms with van der Waals surface area (Å²) >= 11 is 3.34. The van der Waals surface area contributed by atoms with Crippen LogP contribution in [0.25, 0.3) is 0 Å². The molecule has 3 rings (SSSR count). The summed E-state index contributed by atoms with van der Waals surface area (Å²) in [5, 5.41) is 2.75. The zero-order valence-electron chi connectivity index (χ0n) is 12.0. The summed E-state index contributed by atoms with van der Waals surface area (Å²) in [5.41, 5.74) is 0.556. The Morgan fingerprint density at radius 1 is 1.09 bits per heavy atom. The van der Waals surface area contributed by atoms with Gasteiger partial charge in [-0.1, -0.05) is 22.0 Å². The molecule has 23 heavy (non-hydrogen) atoms. The fourth-order valence-corrected chi connectivity index (χ4v) is 2.33. The van der Waals surface area contributed by atoms with Crippen LogP contribution in [0.4, 0.5) is 5.69 Å². The summed E-state index contributed by atoms with van der Waals surface area (Å²) in [4.78, 5) is 23.8. The molecule has 2 aromatic heterocycles. The molecule has 0 saturated carbocycles. The number of aromatic nitrogens is 1. The number of furan rings is 1. The Bertz CT molecular complexity index is 881. The number of rotatable bonds is 4. The highest BCUT2D eigenvalue weighted by molar-refractivity contribution is 9.10. The zero-order valence-corrected chi connectivity index (χ0v) is 13.6. The number of carbonyl (C=O) groups excluding carboxylic acids is 1. The molecule has 0 atom stereocenters. The van der Waals surface area contributed by atoms with E-state index in [1.165, 1.54) is 10.6 Å². The highest BCUT2D eigenvalue weighted by Crippen LogP contribution is 2.16. The molecule has 1 N–H and O–H groups in total. The SMILES string of the molecule is O=C(Nc1ccc(Br)cc1)c1ccc(Cn2ccccc2=O)o1. The Kier molecular flexibility index (Phi) is 4.43. The fraction of sp³-hybridized carbons (Fsp3) is 0.0588. The average molecular weight is 373 g/mol. The van der Waals surface area contributed by atoms with Crippen molar-refractivity contribution in [1.82, 2.24) is 4.57 Å². The van der Waals surface area contributed by atoms with E-state index in [4.69, 9.17) is 4.42 Å². The predicted octanol–water partition coefficient (Wildman–Crippen LogP) is 3.50. The van der Waals surface area contributed by atoms with Crippen molar-refractivity contribution in [2.24, 2.45) is 0 Å². The first-order valence-corrected chi connectivity index (χ1v) is 7.72. The lowest BCUT2D eigenvalue weighted by Gasteiger charge is -2.04. The normalized spacial score (nSPS) is 10.5. The number of pyridine rings is 1. The molecule has 0 saturated heterocycles. The van der Waals surface area contributed by atoms with Crippen LogP contribution in [0.5, 0.6) is 0 Å². The zero-order chi connectivity index (χ0) is 16.2. The number of nitrogens with one attached hydrogen (secondary N) is 1. The monoisotopic (exact) mass is 372 g/mol. The van der Waals surface area contributed by atoms with Gasteiger partial charge in [0, 0.05) is 22.4 Å². The van der Waals surface area contributed by atoms with Crippen LogP contribution in [-0.2, 0) is 6.54 Å². The second-order valence-corrected chi connectivity index (χ2v) is 5.81. The molecule has 0 bridgehead atoms. The minimum absolute atomic E-state index is 0.121. The van der Waals surface area contributed by atoms with E-state index >= 15 is 0 Å². The van der Waals surface area contributed by atoms with E-state index in [-0.39, 0.29) is 23.8 Å². The van der Waals surface area contributed by atoms with Crippen molar-refractivity contribution < 1.29 is 9.21 Å². The van der Waals surface area contributed by atoms with Crippen molar-refractivity contribution in [3.05, 3.63) is 87.1 Å². The van der Waals surface area contributed by atoms with Gasteiger partial charge in [-0.05, 0) is 42.5 Å². The number of anilines is 1. The Balaban J connectivity index is 1.71. The first-order valence-electron chi connectivity index (χ1n) is 6.93. The topological polar surface area (TPSA) is 64.2 Å². The molecule has 5 nitrogen and oxygen atoms in total. The Morgan fingerprint density at radius 2 is 1.87 bits per heavy atom. The van der Waals surface area contributed by atoms with Crippen molar-refractivity contribution in [2.75, 3.05) is 5.32 Å². The van der Waals surface area contributed by atoms with Gasteiger partial charge < -0.3 is 14.3 Å². The van der Waals surface area contributed by atoms with E-state index in [0.29, 0.717) is 11.4 Å². The van der Waals surface area contributed by atoms with Gasteiger partial charge in [-0.25, -0.2) is 0 Å². The second-order valence-electron chi connectivity index (χ2n) is 4.89. The number of amides is 1. The molecule has 0 aliphatic carbocycles. The van der Waals surface area contributed by atoms with Gasteiger partial charge in [-0.3, -0.25) is 9.59 Å². The Hall–Kier alpha value is -2.60. The van der Waals surface area contributed by atoms with Crippen LogP contribution in [0.15, 0.2) is 74.5 Å². The van der Waals surface area contributed by atoms with Gasteiger partial charge in [0.15, 0.2) is 5.76 Å². The summed E-state index contributed by atoms with van der Waals surface area (Å²) in [6.45, 7) is 0.283. The molecule has 1 aromatic carbocycles. The number of benzene rings is 1. The summed E-state index contributed by atoms with van der Waals surface area (Å²) in [6.07, 6.45) is 1.67. The lowest BCUT2D eigenvalue weighted by molar-refractivity contribution is 0.0995. The molecule has 0 unspecified atom stereocenters. The fourth-order valence-electron chi connectivity index (χ4n) is 2.07. The molecule has 3 aromatic rings. The summed E-state index contributed by atoms with van der Waals surface area (Å²) < 4.78 is 7.96. The van der Waals surface area contributed by atoms with Gasteiger partial charge in [0.25, 0.3) is 11.5 Å². The van der Waals surface area contributed by atoms with Crippen molar-refractivity contribution in [3.63, 3.8) is 0 Å². The Morgan fingerprint density at radius 3 is 2.61 bits per heavy atom. The van der Waals surface area contributed by atoms with E-state index < -0.39 is 0 Å². The molecule has 2 heterocycles. The van der Waals surface area contributed by atoms with Crippen LogP contribution >= 0.6 is 15.9 Å². The third-order valence-corrected chi connectivity index (χ3v) is 3.74. The van der Waals surface area contributed by atoms with Crippen LogP contribution in [-0.4, -0.2) is 10.5 Å². The highest BCUT2D eigenvalue weighted by Gasteiger charge is 2.12. The molecular formula is C17H13BrN2O3. The van der Waals surface area contributed by atoms with Crippen molar-refractivity contribution >= 4 is 27.5 Å². The van der Waals surface area contributed by atoms with Crippen LogP contribution in [0.2, 0.25) is 0 Å². The largest absolute Gasteiger partial charge is 0.454 e. The maximum atomic E-state index is 12.1. The van der Waals surface area contributed by atoms with Gasteiger partial charge in [0.1, 0.15) is 5.76 Å². The second kappa shape index (κ2) is 6.66. The number of hydrogen-bond acceptors (Lipinski definition) is 3. The minimum Gasteiger partial charge on any atom is -0.454 e. The maximum absolute atomic E-state index is 12.1. The van der Waals surface area contributed by atoms with E-state index in [2.05, 4.69) is 21.2 Å². The molecule has 116 valence electrons. The van der Waals surface area contributed by atoms with Crippen LogP contribution in [0, 0.1) is 0 Å². The molecule has 0 radical (unpaired) electrons. The maximum Gasteiger partial charge on any atom is 0.291 e. The molecule has 0 spiro atoms. The summed E-state index contributed by atoms with van der Waals surface area (Å²) in [7, 11) is 0. The van der Waals surface area contributed by atoms with E-state index in [1.807, 2.05) is 12.1 Å². The molecule has 1 amide bonds. The summed E-state index contributed by atoms with van der Waals surface area (Å²) in [5.74, 6) is 0.408. The minimum atomic E-state index is -0.334. The first kappa shape index (κ1) is 15.3. The van der Waals surface area contributed by atoms with Crippen LogP contribution in [0.3, 0.4) is 0 Å². The number of hydrogen-bond donors (Lipinski definition) is 1. The lowest BCUT2D eigenvalue weighted by Crippen LogP contribution is -2.18. The molecule has 0 fully saturated rings. The van der Waals surface area contributed by atoms with Gasteiger partial charge in [-0.15, -0.1) is 0 Å². The van der Waals surface area contributed by atoms with Crippen LogP contribution < -0.4 is 10.9 Å².